The summed E-state index contributed by atoms with van der Waals surface area (Å²) in [5.41, 5.74) is 1.30. The third-order valence-corrected chi connectivity index (χ3v) is 4.24. The molecule has 0 aliphatic rings. The molecule has 0 spiro atoms. The van der Waals surface area contributed by atoms with E-state index in [1.54, 1.807) is 24.4 Å². The highest BCUT2D eigenvalue weighted by Crippen LogP contribution is 2.32. The zero-order valence-electron chi connectivity index (χ0n) is 11.5. The number of fused-ring (bicyclic) bond motifs is 1. The molecule has 22 heavy (non-hydrogen) atoms. The molecule has 7 heteroatoms. The highest BCUT2D eigenvalue weighted by atomic mass is 32.2. The summed E-state index contributed by atoms with van der Waals surface area (Å²) in [5, 5.41) is 21.8. The van der Waals surface area contributed by atoms with Crippen LogP contribution in [-0.4, -0.2) is 25.2 Å². The fourth-order valence-corrected chi connectivity index (χ4v) is 3.12. The number of benzene rings is 1. The van der Waals surface area contributed by atoms with Gasteiger partial charge in [-0.15, -0.1) is 0 Å². The number of hydrogen-bond donors (Lipinski definition) is 1. The lowest BCUT2D eigenvalue weighted by atomic mass is 10.1. The molecule has 112 valence electrons. The van der Waals surface area contributed by atoms with Crippen molar-refractivity contribution >= 4 is 23.2 Å². The standard InChI is InChI=1S/C15H13N3O3S/c19-12(11-6-2-1-3-7-11)10-22-14-15(18(20)21)17-9-5-4-8-13(17)16-14/h1-9,12,19H,10H2/t12-/m1/s1. The molecule has 0 aliphatic carbocycles. The van der Waals surface area contributed by atoms with E-state index in [0.717, 1.165) is 5.56 Å². The molecule has 1 aromatic carbocycles. The van der Waals surface area contributed by atoms with Crippen LogP contribution >= 0.6 is 11.8 Å². The summed E-state index contributed by atoms with van der Waals surface area (Å²) in [6.07, 6.45) is 0.911. The first-order valence-electron chi connectivity index (χ1n) is 6.64. The molecule has 0 aliphatic heterocycles. The summed E-state index contributed by atoms with van der Waals surface area (Å²) in [6, 6.07) is 14.4. The number of hydrogen-bond acceptors (Lipinski definition) is 5. The molecule has 6 nitrogen and oxygen atoms in total. The predicted octanol–water partition coefficient (Wildman–Crippen LogP) is 3.07. The maximum Gasteiger partial charge on any atom is 0.361 e. The smallest absolute Gasteiger partial charge is 0.361 e. The van der Waals surface area contributed by atoms with Crippen molar-refractivity contribution in [3.63, 3.8) is 0 Å². The van der Waals surface area contributed by atoms with Gasteiger partial charge in [0.1, 0.15) is 0 Å². The normalized spacial score (nSPS) is 12.4. The van der Waals surface area contributed by atoms with Gasteiger partial charge in [0.05, 0.1) is 12.3 Å². The van der Waals surface area contributed by atoms with E-state index in [1.807, 2.05) is 30.3 Å². The zero-order valence-corrected chi connectivity index (χ0v) is 12.3. The first-order valence-corrected chi connectivity index (χ1v) is 7.62. The maximum absolute atomic E-state index is 11.3. The molecule has 0 amide bonds. The van der Waals surface area contributed by atoms with E-state index in [9.17, 15) is 15.2 Å². The summed E-state index contributed by atoms with van der Waals surface area (Å²) in [5.74, 6) is 0.232. The first kappa shape index (κ1) is 14.6. The van der Waals surface area contributed by atoms with Gasteiger partial charge in [0.25, 0.3) is 0 Å². The zero-order chi connectivity index (χ0) is 15.5. The molecule has 2 aromatic heterocycles. The Morgan fingerprint density at radius 1 is 1.23 bits per heavy atom. The third-order valence-electron chi connectivity index (χ3n) is 3.21. The van der Waals surface area contributed by atoms with Crippen molar-refractivity contribution in [2.45, 2.75) is 11.1 Å². The number of nitrogens with zero attached hydrogens (tertiary/aromatic N) is 3. The van der Waals surface area contributed by atoms with Gasteiger partial charge in [0.15, 0.2) is 5.03 Å². The second-order valence-electron chi connectivity index (χ2n) is 4.66. The fourth-order valence-electron chi connectivity index (χ4n) is 2.15. The van der Waals surface area contributed by atoms with Crippen molar-refractivity contribution in [1.82, 2.24) is 9.38 Å². The number of nitro groups is 1. The Kier molecular flexibility index (Phi) is 4.08. The van der Waals surface area contributed by atoms with Crippen LogP contribution in [0.25, 0.3) is 5.65 Å². The largest absolute Gasteiger partial charge is 0.388 e. The van der Waals surface area contributed by atoms with Gasteiger partial charge in [0, 0.05) is 11.8 Å². The first-order chi connectivity index (χ1) is 10.7. The van der Waals surface area contributed by atoms with Crippen LogP contribution in [0.4, 0.5) is 5.82 Å². The number of aromatic nitrogens is 2. The Bertz CT molecular complexity index is 804. The molecule has 1 N–H and O–H groups in total. The minimum Gasteiger partial charge on any atom is -0.388 e. The summed E-state index contributed by atoms with van der Waals surface area (Å²) in [7, 11) is 0. The van der Waals surface area contributed by atoms with Crippen LogP contribution in [0.5, 0.6) is 0 Å². The lowest BCUT2D eigenvalue weighted by molar-refractivity contribution is -0.393. The van der Waals surface area contributed by atoms with Crippen LogP contribution in [0.2, 0.25) is 0 Å². The second kappa shape index (κ2) is 6.17. The van der Waals surface area contributed by atoms with E-state index < -0.39 is 11.0 Å². The molecule has 3 aromatic rings. The average molecular weight is 315 g/mol. The van der Waals surface area contributed by atoms with Gasteiger partial charge in [-0.05, 0) is 16.6 Å². The molecule has 2 heterocycles. The number of rotatable bonds is 5. The summed E-state index contributed by atoms with van der Waals surface area (Å²) in [4.78, 5) is 15.1. The van der Waals surface area contributed by atoms with E-state index in [-0.39, 0.29) is 5.82 Å². The fraction of sp³-hybridized carbons (Fsp3) is 0.133. The summed E-state index contributed by atoms with van der Waals surface area (Å²) >= 11 is 1.18. The number of thioether (sulfide) groups is 1. The number of aliphatic hydroxyl groups excluding tert-OH is 1. The van der Waals surface area contributed by atoms with Crippen molar-refractivity contribution in [3.8, 4) is 0 Å². The Balaban J connectivity index is 1.85. The van der Waals surface area contributed by atoms with Crippen molar-refractivity contribution in [1.29, 1.82) is 0 Å². The molecule has 0 fully saturated rings. The van der Waals surface area contributed by atoms with E-state index in [1.165, 1.54) is 16.2 Å². The van der Waals surface area contributed by atoms with E-state index in [0.29, 0.717) is 16.4 Å². The molecule has 0 saturated carbocycles. The van der Waals surface area contributed by atoms with Crippen molar-refractivity contribution in [3.05, 3.63) is 70.4 Å². The highest BCUT2D eigenvalue weighted by Gasteiger charge is 2.23. The second-order valence-corrected chi connectivity index (χ2v) is 5.67. The molecule has 0 radical (unpaired) electrons. The molecule has 0 bridgehead atoms. The Morgan fingerprint density at radius 3 is 2.68 bits per heavy atom. The summed E-state index contributed by atoms with van der Waals surface area (Å²) < 4.78 is 1.44. The monoisotopic (exact) mass is 315 g/mol. The third kappa shape index (κ3) is 2.81. The molecule has 0 unspecified atom stereocenters. The molecule has 1 atom stereocenters. The predicted molar refractivity (Wildman–Crippen MR) is 84.0 cm³/mol. The average Bonchev–Trinajstić information content (AvgIpc) is 2.92. The van der Waals surface area contributed by atoms with Crippen molar-refractivity contribution in [2.24, 2.45) is 0 Å². The van der Waals surface area contributed by atoms with Gasteiger partial charge in [-0.3, -0.25) is 0 Å². The van der Waals surface area contributed by atoms with E-state index in [4.69, 9.17) is 0 Å². The molecular formula is C15H13N3O3S. The van der Waals surface area contributed by atoms with Crippen LogP contribution in [0.1, 0.15) is 11.7 Å². The number of imidazole rings is 1. The summed E-state index contributed by atoms with van der Waals surface area (Å²) in [6.45, 7) is 0. The van der Waals surface area contributed by atoms with Gasteiger partial charge >= 0.3 is 5.82 Å². The van der Waals surface area contributed by atoms with Gasteiger partial charge in [0.2, 0.25) is 5.65 Å². The Hall–Kier alpha value is -2.38. The van der Waals surface area contributed by atoms with Crippen molar-refractivity contribution < 1.29 is 10.0 Å². The minimum atomic E-state index is -0.699. The van der Waals surface area contributed by atoms with Crippen LogP contribution in [0.3, 0.4) is 0 Å². The van der Waals surface area contributed by atoms with Crippen LogP contribution in [0, 0.1) is 10.1 Å². The maximum atomic E-state index is 11.3. The molecule has 0 saturated heterocycles. The highest BCUT2D eigenvalue weighted by molar-refractivity contribution is 7.99. The Labute approximate surface area is 130 Å². The van der Waals surface area contributed by atoms with Crippen LogP contribution in [0.15, 0.2) is 59.8 Å². The quantitative estimate of drug-likeness (QED) is 0.444. The van der Waals surface area contributed by atoms with Gasteiger partial charge in [-0.2, -0.15) is 9.38 Å². The van der Waals surface area contributed by atoms with Crippen LogP contribution in [-0.2, 0) is 0 Å². The van der Waals surface area contributed by atoms with Crippen LogP contribution < -0.4 is 0 Å². The van der Waals surface area contributed by atoms with E-state index in [2.05, 4.69) is 4.98 Å². The van der Waals surface area contributed by atoms with Gasteiger partial charge in [-0.1, -0.05) is 48.2 Å². The van der Waals surface area contributed by atoms with Gasteiger partial charge in [-0.25, -0.2) is 0 Å². The molecular weight excluding hydrogens is 302 g/mol. The topological polar surface area (TPSA) is 80.7 Å². The molecule has 3 rings (SSSR count). The van der Waals surface area contributed by atoms with Gasteiger partial charge < -0.3 is 15.2 Å². The Morgan fingerprint density at radius 2 is 1.95 bits per heavy atom. The van der Waals surface area contributed by atoms with Crippen molar-refractivity contribution in [2.75, 3.05) is 5.75 Å². The van der Waals surface area contributed by atoms with E-state index >= 15 is 0 Å². The SMILES string of the molecule is O=[N+]([O-])c1c(SC[C@@H](O)c2ccccc2)nc2ccccn12. The number of aliphatic hydroxyl groups is 1. The lowest BCUT2D eigenvalue weighted by Gasteiger charge is -2.09. The minimum absolute atomic E-state index is 0.0686. The lowest BCUT2D eigenvalue weighted by Crippen LogP contribution is -2.01. The number of pyridine rings is 1.